The van der Waals surface area contributed by atoms with Crippen LogP contribution in [0.25, 0.3) is 5.69 Å². The van der Waals surface area contributed by atoms with Crippen LogP contribution in [0.15, 0.2) is 48.5 Å². The monoisotopic (exact) mass is 315 g/mol. The first-order chi connectivity index (χ1) is 10.6. The molecule has 0 saturated heterocycles. The molecule has 1 aromatic heterocycles. The van der Waals surface area contributed by atoms with Crippen LogP contribution in [0, 0.1) is 10.1 Å². The third-order valence-electron chi connectivity index (χ3n) is 3.11. The van der Waals surface area contributed by atoms with E-state index in [2.05, 4.69) is 15.5 Å². The molecule has 0 bridgehead atoms. The average Bonchev–Trinajstić information content (AvgIpc) is 2.98. The molecule has 0 aliphatic heterocycles. The van der Waals surface area contributed by atoms with Crippen molar-refractivity contribution in [1.29, 1.82) is 0 Å². The van der Waals surface area contributed by atoms with Gasteiger partial charge >= 0.3 is 0 Å². The van der Waals surface area contributed by atoms with Crippen LogP contribution in [0.3, 0.4) is 0 Å². The van der Waals surface area contributed by atoms with Crippen molar-refractivity contribution in [1.82, 2.24) is 20.2 Å². The molecule has 3 aromatic rings. The Hall–Kier alpha value is -2.80. The first-order valence-corrected chi connectivity index (χ1v) is 6.78. The van der Waals surface area contributed by atoms with Gasteiger partial charge in [0, 0.05) is 23.6 Å². The number of benzene rings is 2. The molecule has 0 spiro atoms. The van der Waals surface area contributed by atoms with E-state index in [1.165, 1.54) is 12.1 Å². The lowest BCUT2D eigenvalue weighted by molar-refractivity contribution is -0.384. The van der Waals surface area contributed by atoms with Crippen molar-refractivity contribution < 1.29 is 4.92 Å². The van der Waals surface area contributed by atoms with Crippen molar-refractivity contribution in [2.24, 2.45) is 0 Å². The highest BCUT2D eigenvalue weighted by Gasteiger charge is 2.11. The summed E-state index contributed by atoms with van der Waals surface area (Å²) in [4.78, 5) is 10.2. The van der Waals surface area contributed by atoms with Gasteiger partial charge < -0.3 is 0 Å². The van der Waals surface area contributed by atoms with Gasteiger partial charge in [-0.25, -0.2) is 0 Å². The maximum Gasteiger partial charge on any atom is 0.269 e. The van der Waals surface area contributed by atoms with Crippen molar-refractivity contribution >= 4 is 17.3 Å². The SMILES string of the molecule is O=[N+]([O-])c1ccc(-n2nnnc2Cc2ccc(Cl)cc2)cc1. The summed E-state index contributed by atoms with van der Waals surface area (Å²) in [5.74, 6) is 0.635. The Balaban J connectivity index is 1.88. The third-order valence-corrected chi connectivity index (χ3v) is 3.37. The summed E-state index contributed by atoms with van der Waals surface area (Å²) in [7, 11) is 0. The van der Waals surface area contributed by atoms with Crippen molar-refractivity contribution in [3.63, 3.8) is 0 Å². The quantitative estimate of drug-likeness (QED) is 0.545. The number of non-ortho nitro benzene ring substituents is 1. The van der Waals surface area contributed by atoms with Crippen LogP contribution in [0.5, 0.6) is 0 Å². The predicted molar refractivity (Wildman–Crippen MR) is 80.1 cm³/mol. The van der Waals surface area contributed by atoms with Crippen LogP contribution in [0.4, 0.5) is 5.69 Å². The summed E-state index contributed by atoms with van der Waals surface area (Å²) < 4.78 is 1.55. The van der Waals surface area contributed by atoms with E-state index in [1.807, 2.05) is 12.1 Å². The summed E-state index contributed by atoms with van der Waals surface area (Å²) >= 11 is 5.86. The first-order valence-electron chi connectivity index (χ1n) is 6.40. The molecule has 0 unspecified atom stereocenters. The zero-order valence-electron chi connectivity index (χ0n) is 11.3. The zero-order chi connectivity index (χ0) is 15.5. The number of hydrogen-bond donors (Lipinski definition) is 0. The number of nitro groups is 1. The summed E-state index contributed by atoms with van der Waals surface area (Å²) in [6, 6.07) is 13.5. The van der Waals surface area contributed by atoms with Crippen LogP contribution in [0.2, 0.25) is 5.02 Å². The van der Waals surface area contributed by atoms with E-state index in [9.17, 15) is 10.1 Å². The lowest BCUT2D eigenvalue weighted by Gasteiger charge is -2.04. The van der Waals surface area contributed by atoms with Gasteiger partial charge in [0.1, 0.15) is 0 Å². The van der Waals surface area contributed by atoms with E-state index in [0.29, 0.717) is 23.0 Å². The fourth-order valence-electron chi connectivity index (χ4n) is 2.02. The van der Waals surface area contributed by atoms with Gasteiger partial charge in [-0.3, -0.25) is 10.1 Å². The number of hydrogen-bond acceptors (Lipinski definition) is 5. The van der Waals surface area contributed by atoms with Gasteiger partial charge in [-0.15, -0.1) is 5.10 Å². The van der Waals surface area contributed by atoms with Gasteiger partial charge in [-0.2, -0.15) is 4.68 Å². The van der Waals surface area contributed by atoms with Crippen molar-refractivity contribution in [2.75, 3.05) is 0 Å². The van der Waals surface area contributed by atoms with Gasteiger partial charge in [0.05, 0.1) is 10.6 Å². The summed E-state index contributed by atoms with van der Waals surface area (Å²) in [6.07, 6.45) is 0.529. The zero-order valence-corrected chi connectivity index (χ0v) is 12.0. The standard InChI is InChI=1S/C14H10ClN5O2/c15-11-3-1-10(2-4-11)9-14-16-17-18-19(14)12-5-7-13(8-6-12)20(21)22/h1-8H,9H2. The minimum Gasteiger partial charge on any atom is -0.258 e. The first kappa shape index (κ1) is 14.2. The highest BCUT2D eigenvalue weighted by molar-refractivity contribution is 6.30. The number of nitrogens with zero attached hydrogens (tertiary/aromatic N) is 5. The number of rotatable bonds is 4. The van der Waals surface area contributed by atoms with Crippen LogP contribution < -0.4 is 0 Å². The fourth-order valence-corrected chi connectivity index (χ4v) is 2.14. The molecular formula is C14H10ClN5O2. The third kappa shape index (κ3) is 2.94. The molecule has 7 nitrogen and oxygen atoms in total. The number of nitro benzene ring substituents is 1. The van der Waals surface area contributed by atoms with Gasteiger partial charge in [-0.05, 0) is 40.3 Å². The Morgan fingerprint density at radius 3 is 2.41 bits per heavy atom. The van der Waals surface area contributed by atoms with Crippen LogP contribution >= 0.6 is 11.6 Å². The van der Waals surface area contributed by atoms with E-state index < -0.39 is 4.92 Å². The average molecular weight is 316 g/mol. The van der Waals surface area contributed by atoms with E-state index in [0.717, 1.165) is 5.56 Å². The second-order valence-electron chi connectivity index (χ2n) is 4.58. The lowest BCUT2D eigenvalue weighted by atomic mass is 10.1. The van der Waals surface area contributed by atoms with Crippen LogP contribution in [-0.2, 0) is 6.42 Å². The molecule has 0 N–H and O–H groups in total. The van der Waals surface area contributed by atoms with Crippen molar-refractivity contribution in [3.8, 4) is 5.69 Å². The van der Waals surface area contributed by atoms with Gasteiger partial charge in [0.2, 0.25) is 0 Å². The van der Waals surface area contributed by atoms with E-state index in [1.54, 1.807) is 28.9 Å². The van der Waals surface area contributed by atoms with Gasteiger partial charge in [0.15, 0.2) is 5.82 Å². The van der Waals surface area contributed by atoms with E-state index in [-0.39, 0.29) is 5.69 Å². The van der Waals surface area contributed by atoms with Crippen molar-refractivity contribution in [3.05, 3.63) is 75.1 Å². The number of tetrazole rings is 1. The molecule has 0 atom stereocenters. The minimum atomic E-state index is -0.446. The summed E-state index contributed by atoms with van der Waals surface area (Å²) in [5, 5.41) is 23.0. The Kier molecular flexibility index (Phi) is 3.80. The Morgan fingerprint density at radius 1 is 1.09 bits per heavy atom. The Bertz CT molecular complexity index is 799. The van der Waals surface area contributed by atoms with E-state index in [4.69, 9.17) is 11.6 Å². The van der Waals surface area contributed by atoms with Gasteiger partial charge in [0.25, 0.3) is 5.69 Å². The second kappa shape index (κ2) is 5.90. The molecule has 0 saturated carbocycles. The lowest BCUT2D eigenvalue weighted by Crippen LogP contribution is -2.04. The molecule has 1 heterocycles. The smallest absolute Gasteiger partial charge is 0.258 e. The van der Waals surface area contributed by atoms with Crippen molar-refractivity contribution in [2.45, 2.75) is 6.42 Å². The molecule has 110 valence electrons. The highest BCUT2D eigenvalue weighted by Crippen LogP contribution is 2.17. The predicted octanol–water partition coefficient (Wildman–Crippen LogP) is 2.81. The van der Waals surface area contributed by atoms with Crippen LogP contribution in [0.1, 0.15) is 11.4 Å². The molecule has 2 aromatic carbocycles. The molecule has 0 amide bonds. The molecule has 0 fully saturated rings. The summed E-state index contributed by atoms with van der Waals surface area (Å²) in [5.41, 5.74) is 1.71. The maximum absolute atomic E-state index is 10.7. The second-order valence-corrected chi connectivity index (χ2v) is 5.02. The van der Waals surface area contributed by atoms with Gasteiger partial charge in [-0.1, -0.05) is 23.7 Å². The molecule has 3 rings (SSSR count). The molecule has 0 radical (unpaired) electrons. The van der Waals surface area contributed by atoms with Crippen LogP contribution in [-0.4, -0.2) is 25.1 Å². The topological polar surface area (TPSA) is 86.7 Å². The fraction of sp³-hybridized carbons (Fsp3) is 0.0714. The minimum absolute atomic E-state index is 0.0241. The molecule has 0 aliphatic carbocycles. The largest absolute Gasteiger partial charge is 0.269 e. The maximum atomic E-state index is 10.7. The van der Waals surface area contributed by atoms with E-state index >= 15 is 0 Å². The molecular weight excluding hydrogens is 306 g/mol. The molecule has 22 heavy (non-hydrogen) atoms. The number of halogens is 1. The molecule has 8 heteroatoms. The Labute approximate surface area is 130 Å². The number of aromatic nitrogens is 4. The normalized spacial score (nSPS) is 10.6. The molecule has 0 aliphatic rings. The highest BCUT2D eigenvalue weighted by atomic mass is 35.5. The summed E-state index contributed by atoms with van der Waals surface area (Å²) in [6.45, 7) is 0. The Morgan fingerprint density at radius 2 is 1.77 bits per heavy atom.